The van der Waals surface area contributed by atoms with Crippen LogP contribution in [0.25, 0.3) is 0 Å². The largest absolute Gasteiger partial charge is 0.459 e. The van der Waals surface area contributed by atoms with Crippen LogP contribution >= 0.6 is 23.5 Å². The first kappa shape index (κ1) is 14.9. The molecule has 0 radical (unpaired) electrons. The molecule has 17 heavy (non-hydrogen) atoms. The lowest BCUT2D eigenvalue weighted by Crippen LogP contribution is -2.29. The van der Waals surface area contributed by atoms with Crippen molar-refractivity contribution in [1.29, 1.82) is 0 Å². The molecule has 0 aromatic carbocycles. The smallest absolute Gasteiger partial charge is 0.319 e. The molecule has 0 spiro atoms. The number of carbonyl (C=O) groups excluding carboxylic acids is 2. The molecule has 1 heterocycles. The van der Waals surface area contributed by atoms with Crippen LogP contribution in [0.2, 0.25) is 0 Å². The Labute approximate surface area is 111 Å². The molecule has 0 saturated carbocycles. The number of ether oxygens (including phenoxy) is 1. The molecule has 1 rings (SSSR count). The second-order valence-corrected chi connectivity index (χ2v) is 7.86. The van der Waals surface area contributed by atoms with Gasteiger partial charge < -0.3 is 4.74 Å². The molecule has 3 nitrogen and oxygen atoms in total. The summed E-state index contributed by atoms with van der Waals surface area (Å²) >= 11 is 3.00. The van der Waals surface area contributed by atoms with Gasteiger partial charge in [-0.2, -0.15) is 0 Å². The van der Waals surface area contributed by atoms with Gasteiger partial charge in [0, 0.05) is 17.9 Å². The second-order valence-electron chi connectivity index (χ2n) is 5.16. The van der Waals surface area contributed by atoms with Crippen molar-refractivity contribution < 1.29 is 14.3 Å². The Morgan fingerprint density at radius 1 is 1.35 bits per heavy atom. The molecular formula is C12H20O3S2. The zero-order valence-electron chi connectivity index (χ0n) is 10.8. The maximum atomic E-state index is 11.8. The normalized spacial score (nSPS) is 24.7. The maximum Gasteiger partial charge on any atom is 0.319 e. The number of thioether (sulfide) groups is 2. The Bertz CT molecular complexity index is 297. The first-order chi connectivity index (χ1) is 7.78. The molecule has 0 aromatic heterocycles. The quantitative estimate of drug-likeness (QED) is 0.742. The van der Waals surface area contributed by atoms with E-state index in [9.17, 15) is 9.59 Å². The maximum absolute atomic E-state index is 11.8. The van der Waals surface area contributed by atoms with Crippen LogP contribution in [0.1, 0.15) is 40.5 Å². The Morgan fingerprint density at radius 3 is 2.53 bits per heavy atom. The molecule has 0 amide bonds. The number of hydrogen-bond acceptors (Lipinski definition) is 5. The summed E-state index contributed by atoms with van der Waals surface area (Å²) in [5, 5.41) is 0.500. The average molecular weight is 276 g/mol. The topological polar surface area (TPSA) is 43.4 Å². The van der Waals surface area contributed by atoms with Crippen molar-refractivity contribution in [2.24, 2.45) is 0 Å². The Balaban J connectivity index is 2.34. The molecule has 0 unspecified atom stereocenters. The Kier molecular flexibility index (Phi) is 5.38. The SMILES string of the molecule is CC(=O)SC[C@H]1CC[C@H](C(=O)OC(C)(C)C)S1. The summed E-state index contributed by atoms with van der Waals surface area (Å²) in [6, 6.07) is 0. The molecule has 0 N–H and O–H groups in total. The van der Waals surface area contributed by atoms with Gasteiger partial charge in [-0.05, 0) is 33.6 Å². The van der Waals surface area contributed by atoms with Crippen LogP contribution in [0.5, 0.6) is 0 Å². The van der Waals surface area contributed by atoms with Crippen LogP contribution in [0.15, 0.2) is 0 Å². The zero-order chi connectivity index (χ0) is 13.1. The summed E-state index contributed by atoms with van der Waals surface area (Å²) < 4.78 is 5.36. The van der Waals surface area contributed by atoms with Crippen molar-refractivity contribution in [3.8, 4) is 0 Å². The first-order valence-electron chi connectivity index (χ1n) is 5.79. The van der Waals surface area contributed by atoms with Crippen molar-refractivity contribution in [3.05, 3.63) is 0 Å². The van der Waals surface area contributed by atoms with Gasteiger partial charge in [0.25, 0.3) is 0 Å². The molecule has 5 heteroatoms. The fourth-order valence-corrected chi connectivity index (χ4v) is 3.85. The van der Waals surface area contributed by atoms with E-state index in [1.165, 1.54) is 11.8 Å². The second kappa shape index (κ2) is 6.14. The van der Waals surface area contributed by atoms with Gasteiger partial charge in [-0.1, -0.05) is 11.8 Å². The third-order valence-corrected chi connectivity index (χ3v) is 4.98. The van der Waals surface area contributed by atoms with E-state index in [0.717, 1.165) is 18.6 Å². The van der Waals surface area contributed by atoms with Crippen LogP contribution in [0, 0.1) is 0 Å². The predicted molar refractivity (Wildman–Crippen MR) is 73.4 cm³/mol. The summed E-state index contributed by atoms with van der Waals surface area (Å²) in [6.45, 7) is 7.23. The summed E-state index contributed by atoms with van der Waals surface area (Å²) in [5.74, 6) is 0.692. The number of rotatable bonds is 3. The van der Waals surface area contributed by atoms with Crippen molar-refractivity contribution in [1.82, 2.24) is 0 Å². The van der Waals surface area contributed by atoms with Gasteiger partial charge in [0.2, 0.25) is 0 Å². The van der Waals surface area contributed by atoms with Crippen LogP contribution in [0.3, 0.4) is 0 Å². The molecule has 2 atom stereocenters. The van der Waals surface area contributed by atoms with Gasteiger partial charge in [0.15, 0.2) is 5.12 Å². The van der Waals surface area contributed by atoms with Crippen LogP contribution in [-0.2, 0) is 14.3 Å². The highest BCUT2D eigenvalue weighted by molar-refractivity contribution is 8.14. The number of hydrogen-bond donors (Lipinski definition) is 0. The molecule has 0 aromatic rings. The highest BCUT2D eigenvalue weighted by Gasteiger charge is 2.33. The van der Waals surface area contributed by atoms with E-state index in [0.29, 0.717) is 5.25 Å². The molecule has 98 valence electrons. The molecule has 1 aliphatic rings. The minimum Gasteiger partial charge on any atom is -0.459 e. The summed E-state index contributed by atoms with van der Waals surface area (Å²) in [4.78, 5) is 22.7. The number of esters is 1. The fourth-order valence-electron chi connectivity index (χ4n) is 1.58. The monoisotopic (exact) mass is 276 g/mol. The average Bonchev–Trinajstić information content (AvgIpc) is 2.60. The molecular weight excluding hydrogens is 256 g/mol. The van der Waals surface area contributed by atoms with Crippen LogP contribution in [0.4, 0.5) is 0 Å². The highest BCUT2D eigenvalue weighted by atomic mass is 32.2. The lowest BCUT2D eigenvalue weighted by molar-refractivity contribution is -0.154. The van der Waals surface area contributed by atoms with Gasteiger partial charge in [-0.3, -0.25) is 9.59 Å². The minimum atomic E-state index is -0.413. The minimum absolute atomic E-state index is 0.0493. The van der Waals surface area contributed by atoms with Crippen molar-refractivity contribution in [3.63, 3.8) is 0 Å². The molecule has 1 fully saturated rings. The fraction of sp³-hybridized carbons (Fsp3) is 0.833. The molecule has 0 aliphatic carbocycles. The molecule has 1 aliphatic heterocycles. The molecule has 0 bridgehead atoms. The lowest BCUT2D eigenvalue weighted by Gasteiger charge is -2.21. The molecule has 1 saturated heterocycles. The van der Waals surface area contributed by atoms with Crippen LogP contribution in [-0.4, -0.2) is 32.9 Å². The third-order valence-electron chi connectivity index (χ3n) is 2.25. The summed E-state index contributed by atoms with van der Waals surface area (Å²) in [6.07, 6.45) is 1.86. The van der Waals surface area contributed by atoms with E-state index in [4.69, 9.17) is 4.74 Å². The predicted octanol–water partition coefficient (Wildman–Crippen LogP) is 2.87. The van der Waals surface area contributed by atoms with Gasteiger partial charge in [-0.15, -0.1) is 11.8 Å². The van der Waals surface area contributed by atoms with Crippen molar-refractivity contribution >= 4 is 34.6 Å². The van der Waals surface area contributed by atoms with E-state index >= 15 is 0 Å². The van der Waals surface area contributed by atoms with Crippen molar-refractivity contribution in [2.75, 3.05) is 5.75 Å². The Morgan fingerprint density at radius 2 is 2.00 bits per heavy atom. The number of carbonyl (C=O) groups is 2. The highest BCUT2D eigenvalue weighted by Crippen LogP contribution is 2.36. The third kappa shape index (κ3) is 5.82. The van der Waals surface area contributed by atoms with E-state index in [1.54, 1.807) is 18.7 Å². The lowest BCUT2D eigenvalue weighted by atomic mass is 10.2. The zero-order valence-corrected chi connectivity index (χ0v) is 12.5. The summed E-state index contributed by atoms with van der Waals surface area (Å²) in [5.41, 5.74) is -0.413. The first-order valence-corrected chi connectivity index (χ1v) is 7.72. The van der Waals surface area contributed by atoms with E-state index in [-0.39, 0.29) is 16.3 Å². The van der Waals surface area contributed by atoms with E-state index < -0.39 is 5.60 Å². The van der Waals surface area contributed by atoms with E-state index in [2.05, 4.69) is 0 Å². The van der Waals surface area contributed by atoms with Crippen LogP contribution < -0.4 is 0 Å². The standard InChI is InChI=1S/C12H20O3S2/c1-8(13)16-7-9-5-6-10(17-9)11(14)15-12(2,3)4/h9-10H,5-7H2,1-4H3/t9-,10-/m1/s1. The summed E-state index contributed by atoms with van der Waals surface area (Å²) in [7, 11) is 0. The van der Waals surface area contributed by atoms with Gasteiger partial charge in [-0.25, -0.2) is 0 Å². The van der Waals surface area contributed by atoms with Crippen molar-refractivity contribution in [2.45, 2.75) is 56.6 Å². The van der Waals surface area contributed by atoms with Gasteiger partial charge in [0.1, 0.15) is 10.9 Å². The van der Waals surface area contributed by atoms with Gasteiger partial charge >= 0.3 is 5.97 Å². The Hall–Kier alpha value is -0.160. The van der Waals surface area contributed by atoms with E-state index in [1.807, 2.05) is 20.8 Å². The van der Waals surface area contributed by atoms with Gasteiger partial charge in [0.05, 0.1) is 0 Å².